The van der Waals surface area contributed by atoms with Crippen LogP contribution in [-0.2, 0) is 0 Å². The van der Waals surface area contributed by atoms with Gasteiger partial charge in [0.15, 0.2) is 5.58 Å². The maximum absolute atomic E-state index is 12.7. The molecule has 2 aliphatic heterocycles. The van der Waals surface area contributed by atoms with Crippen LogP contribution in [0.25, 0.3) is 11.1 Å². The third-order valence-electron chi connectivity index (χ3n) is 5.32. The van der Waals surface area contributed by atoms with Gasteiger partial charge in [0.05, 0.1) is 0 Å². The SMILES string of the molecule is CCSc1nc2ccc(NC(=O)N3CC[C@@H]4CC[C@H](C3)N4C)cc2o1. The lowest BCUT2D eigenvalue weighted by Crippen LogP contribution is -2.41. The van der Waals surface area contributed by atoms with Gasteiger partial charge in [0.2, 0.25) is 0 Å². The highest BCUT2D eigenvalue weighted by molar-refractivity contribution is 7.99. The van der Waals surface area contributed by atoms with Gasteiger partial charge in [-0.3, -0.25) is 4.90 Å². The van der Waals surface area contributed by atoms with Gasteiger partial charge >= 0.3 is 6.03 Å². The van der Waals surface area contributed by atoms with Crippen LogP contribution in [0.2, 0.25) is 0 Å². The molecule has 2 bridgehead atoms. The number of nitrogens with zero attached hydrogens (tertiary/aromatic N) is 3. The van der Waals surface area contributed by atoms with Crippen LogP contribution in [0.1, 0.15) is 26.2 Å². The minimum absolute atomic E-state index is 0.0250. The number of urea groups is 1. The summed E-state index contributed by atoms with van der Waals surface area (Å²) >= 11 is 1.57. The van der Waals surface area contributed by atoms with Crippen molar-refractivity contribution in [2.75, 3.05) is 31.2 Å². The van der Waals surface area contributed by atoms with Crippen LogP contribution in [0.4, 0.5) is 10.5 Å². The quantitative estimate of drug-likeness (QED) is 0.847. The number of anilines is 1. The molecule has 25 heavy (non-hydrogen) atoms. The summed E-state index contributed by atoms with van der Waals surface area (Å²) in [6, 6.07) is 6.73. The average Bonchev–Trinajstić information content (AvgIpc) is 3.07. The van der Waals surface area contributed by atoms with E-state index in [-0.39, 0.29) is 6.03 Å². The number of amides is 2. The maximum Gasteiger partial charge on any atom is 0.321 e. The van der Waals surface area contributed by atoms with Gasteiger partial charge in [-0.2, -0.15) is 0 Å². The molecule has 2 amide bonds. The molecule has 6 nitrogen and oxygen atoms in total. The molecule has 2 saturated heterocycles. The van der Waals surface area contributed by atoms with E-state index in [0.29, 0.717) is 22.9 Å². The molecule has 1 N–H and O–H groups in total. The minimum atomic E-state index is -0.0250. The number of aromatic nitrogens is 1. The lowest BCUT2D eigenvalue weighted by molar-refractivity contribution is 0.200. The predicted molar refractivity (Wildman–Crippen MR) is 100 cm³/mol. The molecule has 3 heterocycles. The molecule has 0 aliphatic carbocycles. The molecule has 2 aliphatic rings. The van der Waals surface area contributed by atoms with Crippen LogP contribution < -0.4 is 5.32 Å². The Balaban J connectivity index is 1.46. The lowest BCUT2D eigenvalue weighted by Gasteiger charge is -2.26. The van der Waals surface area contributed by atoms with Gasteiger partial charge < -0.3 is 14.6 Å². The van der Waals surface area contributed by atoms with Crippen molar-refractivity contribution in [1.82, 2.24) is 14.8 Å². The Kier molecular flexibility index (Phi) is 4.60. The van der Waals surface area contributed by atoms with E-state index in [2.05, 4.69) is 29.2 Å². The van der Waals surface area contributed by atoms with Crippen molar-refractivity contribution in [1.29, 1.82) is 0 Å². The van der Waals surface area contributed by atoms with E-state index in [1.165, 1.54) is 12.8 Å². The van der Waals surface area contributed by atoms with E-state index >= 15 is 0 Å². The van der Waals surface area contributed by atoms with E-state index < -0.39 is 0 Å². The van der Waals surface area contributed by atoms with E-state index in [4.69, 9.17) is 4.42 Å². The summed E-state index contributed by atoms with van der Waals surface area (Å²) in [7, 11) is 2.19. The molecule has 0 unspecified atom stereocenters. The number of thioether (sulfide) groups is 1. The minimum Gasteiger partial charge on any atom is -0.431 e. The summed E-state index contributed by atoms with van der Waals surface area (Å²) in [4.78, 5) is 21.5. The Morgan fingerprint density at radius 1 is 1.36 bits per heavy atom. The molecule has 0 spiro atoms. The number of nitrogens with one attached hydrogen (secondary N) is 1. The van der Waals surface area contributed by atoms with Crippen LogP contribution in [0.3, 0.4) is 0 Å². The molecule has 0 radical (unpaired) electrons. The fourth-order valence-corrected chi connectivity index (χ4v) is 4.42. The first-order valence-corrected chi connectivity index (χ1v) is 9.94. The molecule has 2 fully saturated rings. The number of oxazole rings is 1. The molecule has 2 atom stereocenters. The Morgan fingerprint density at radius 2 is 2.20 bits per heavy atom. The molecular weight excluding hydrogens is 336 g/mol. The van der Waals surface area contributed by atoms with Gasteiger partial charge in [-0.15, -0.1) is 0 Å². The number of rotatable bonds is 3. The highest BCUT2D eigenvalue weighted by Gasteiger charge is 2.35. The van der Waals surface area contributed by atoms with Gasteiger partial charge in [-0.1, -0.05) is 18.7 Å². The number of likely N-dealkylation sites (N-methyl/N-ethyl adjacent to an activating group) is 1. The summed E-state index contributed by atoms with van der Waals surface area (Å²) in [5.41, 5.74) is 2.29. The van der Waals surface area contributed by atoms with Crippen LogP contribution in [0, 0.1) is 0 Å². The first-order chi connectivity index (χ1) is 12.1. The zero-order chi connectivity index (χ0) is 17.4. The van der Waals surface area contributed by atoms with Crippen molar-refractivity contribution >= 4 is 34.6 Å². The Bertz CT molecular complexity index is 778. The summed E-state index contributed by atoms with van der Waals surface area (Å²) < 4.78 is 5.73. The van der Waals surface area contributed by atoms with Crippen LogP contribution in [0.5, 0.6) is 0 Å². The number of fused-ring (bicyclic) bond motifs is 3. The summed E-state index contributed by atoms with van der Waals surface area (Å²) in [5, 5.41) is 3.69. The first kappa shape index (κ1) is 16.7. The Labute approximate surface area is 151 Å². The Hall–Kier alpha value is -1.73. The highest BCUT2D eigenvalue weighted by atomic mass is 32.2. The summed E-state index contributed by atoms with van der Waals surface area (Å²) in [6.45, 7) is 3.69. The fourth-order valence-electron chi connectivity index (χ4n) is 3.86. The smallest absolute Gasteiger partial charge is 0.321 e. The number of hydrogen-bond acceptors (Lipinski definition) is 5. The summed E-state index contributed by atoms with van der Waals surface area (Å²) in [6.07, 6.45) is 3.50. The van der Waals surface area contributed by atoms with Gasteiger partial charge in [0.1, 0.15) is 5.52 Å². The summed E-state index contributed by atoms with van der Waals surface area (Å²) in [5.74, 6) is 0.919. The van der Waals surface area contributed by atoms with Gasteiger partial charge in [0.25, 0.3) is 5.22 Å². The largest absolute Gasteiger partial charge is 0.431 e. The van der Waals surface area contributed by atoms with Gasteiger partial charge in [-0.05, 0) is 44.2 Å². The van der Waals surface area contributed by atoms with Gasteiger partial charge in [0, 0.05) is 36.9 Å². The molecule has 1 aromatic heterocycles. The maximum atomic E-state index is 12.7. The van der Waals surface area contributed by atoms with E-state index in [1.54, 1.807) is 11.8 Å². The highest BCUT2D eigenvalue weighted by Crippen LogP contribution is 2.29. The lowest BCUT2D eigenvalue weighted by atomic mass is 10.1. The molecular formula is C18H24N4O2S. The predicted octanol–water partition coefficient (Wildman–Crippen LogP) is 3.64. The molecule has 4 rings (SSSR count). The Morgan fingerprint density at radius 3 is 3.04 bits per heavy atom. The van der Waals surface area contributed by atoms with Crippen molar-refractivity contribution in [3.63, 3.8) is 0 Å². The van der Waals surface area contributed by atoms with E-state index in [9.17, 15) is 4.79 Å². The van der Waals surface area contributed by atoms with Crippen molar-refractivity contribution < 1.29 is 9.21 Å². The number of likely N-dealkylation sites (tertiary alicyclic amines) is 1. The standard InChI is InChI=1S/C18H24N4O2S/c1-3-25-18-20-15-7-4-12(10-16(15)24-18)19-17(23)22-9-8-13-5-6-14(11-22)21(13)2/h4,7,10,13-14H,3,5-6,8-9,11H2,1-2H3,(H,19,23)/t13-,14+/m0/s1. The second-order valence-corrected chi connectivity index (χ2v) is 8.03. The number of benzene rings is 1. The molecule has 2 aromatic rings. The number of carbonyl (C=O) groups is 1. The monoisotopic (exact) mass is 360 g/mol. The topological polar surface area (TPSA) is 61.6 Å². The van der Waals surface area contributed by atoms with Crippen LogP contribution >= 0.6 is 11.8 Å². The molecule has 1 aromatic carbocycles. The average molecular weight is 360 g/mol. The second kappa shape index (κ2) is 6.88. The van der Waals surface area contributed by atoms with Crippen molar-refractivity contribution in [2.45, 2.75) is 43.5 Å². The van der Waals surface area contributed by atoms with Crippen molar-refractivity contribution in [3.8, 4) is 0 Å². The van der Waals surface area contributed by atoms with E-state index in [0.717, 1.165) is 36.5 Å². The normalized spacial score (nSPS) is 23.8. The van der Waals surface area contributed by atoms with Crippen LogP contribution in [-0.4, -0.2) is 58.8 Å². The zero-order valence-corrected chi connectivity index (χ0v) is 15.5. The van der Waals surface area contributed by atoms with Crippen molar-refractivity contribution in [3.05, 3.63) is 18.2 Å². The zero-order valence-electron chi connectivity index (χ0n) is 14.7. The van der Waals surface area contributed by atoms with Crippen LogP contribution in [0.15, 0.2) is 27.8 Å². The second-order valence-electron chi connectivity index (χ2n) is 6.81. The number of hydrogen-bond donors (Lipinski definition) is 1. The number of carbonyl (C=O) groups excluding carboxylic acids is 1. The molecule has 7 heteroatoms. The third kappa shape index (κ3) is 3.35. The molecule has 134 valence electrons. The fraction of sp³-hybridized carbons (Fsp3) is 0.556. The molecule has 0 saturated carbocycles. The first-order valence-electron chi connectivity index (χ1n) is 8.95. The van der Waals surface area contributed by atoms with Gasteiger partial charge in [-0.25, -0.2) is 9.78 Å². The van der Waals surface area contributed by atoms with E-state index in [1.807, 2.05) is 23.1 Å². The third-order valence-corrected chi connectivity index (χ3v) is 6.03. The van der Waals surface area contributed by atoms with Crippen molar-refractivity contribution in [2.24, 2.45) is 0 Å².